The van der Waals surface area contributed by atoms with E-state index >= 15 is 0 Å². The van der Waals surface area contributed by atoms with Gasteiger partial charge in [0, 0.05) is 19.3 Å². The summed E-state index contributed by atoms with van der Waals surface area (Å²) in [5.41, 5.74) is 6.00. The van der Waals surface area contributed by atoms with Crippen molar-refractivity contribution in [2.45, 2.75) is 13.1 Å². The fourth-order valence-corrected chi connectivity index (χ4v) is 2.34. The lowest BCUT2D eigenvalue weighted by atomic mass is 10.1. The molecule has 5 heteroatoms. The van der Waals surface area contributed by atoms with Gasteiger partial charge in [0.1, 0.15) is 0 Å². The molecule has 96 valence electrons. The Morgan fingerprint density at radius 1 is 1.21 bits per heavy atom. The zero-order valence-corrected chi connectivity index (χ0v) is 10.3. The predicted octanol–water partition coefficient (Wildman–Crippen LogP) is 1.52. The van der Waals surface area contributed by atoms with Crippen LogP contribution in [-0.2, 0) is 13.1 Å². The lowest BCUT2D eigenvalue weighted by Crippen LogP contribution is -2.27. The normalized spacial score (nSPS) is 13.2. The van der Waals surface area contributed by atoms with E-state index in [4.69, 9.17) is 5.84 Å². The number of anilines is 1. The summed E-state index contributed by atoms with van der Waals surface area (Å²) in [5, 5.41) is 0. The fourth-order valence-electron chi connectivity index (χ4n) is 2.34. The van der Waals surface area contributed by atoms with E-state index in [0.717, 1.165) is 0 Å². The SMILES string of the molecule is NNc1cnccc1C(=O)N1Cc2ccccc2C1. The number of hydrogen-bond donors (Lipinski definition) is 2. The highest BCUT2D eigenvalue weighted by molar-refractivity contribution is 5.99. The Morgan fingerprint density at radius 2 is 1.89 bits per heavy atom. The molecular formula is C14H14N4O. The minimum absolute atomic E-state index is 0.0356. The summed E-state index contributed by atoms with van der Waals surface area (Å²) in [6.07, 6.45) is 3.15. The van der Waals surface area contributed by atoms with Crippen LogP contribution < -0.4 is 11.3 Å². The molecule has 3 rings (SSSR count). The van der Waals surface area contributed by atoms with E-state index in [0.29, 0.717) is 24.3 Å². The van der Waals surface area contributed by atoms with Gasteiger partial charge in [0.2, 0.25) is 0 Å². The molecule has 1 aromatic heterocycles. The van der Waals surface area contributed by atoms with Crippen LogP contribution in [0.3, 0.4) is 0 Å². The summed E-state index contributed by atoms with van der Waals surface area (Å²) >= 11 is 0. The Bertz CT molecular complexity index is 601. The molecule has 2 heterocycles. The summed E-state index contributed by atoms with van der Waals surface area (Å²) in [6, 6.07) is 9.77. The number of nitrogens with two attached hydrogens (primary N) is 1. The number of carbonyl (C=O) groups excluding carboxylic acids is 1. The minimum atomic E-state index is -0.0356. The van der Waals surface area contributed by atoms with Crippen LogP contribution in [0.1, 0.15) is 21.5 Å². The minimum Gasteiger partial charge on any atom is -0.330 e. The lowest BCUT2D eigenvalue weighted by Gasteiger charge is -2.17. The Labute approximate surface area is 111 Å². The van der Waals surface area contributed by atoms with Crippen LogP contribution in [-0.4, -0.2) is 15.8 Å². The first-order valence-electron chi connectivity index (χ1n) is 6.06. The molecule has 1 aromatic carbocycles. The molecule has 1 amide bonds. The summed E-state index contributed by atoms with van der Waals surface area (Å²) in [7, 11) is 0. The standard InChI is InChI=1S/C14H14N4O/c15-17-13-7-16-6-5-12(13)14(19)18-8-10-3-1-2-4-11(10)9-18/h1-7,17H,8-9,15H2. The first-order valence-corrected chi connectivity index (χ1v) is 6.06. The summed E-state index contributed by atoms with van der Waals surface area (Å²) in [6.45, 7) is 1.28. The molecule has 19 heavy (non-hydrogen) atoms. The van der Waals surface area contributed by atoms with E-state index in [2.05, 4.69) is 22.5 Å². The highest BCUT2D eigenvalue weighted by atomic mass is 16.2. The molecule has 1 aliphatic rings. The molecule has 0 atom stereocenters. The monoisotopic (exact) mass is 254 g/mol. The molecule has 0 fully saturated rings. The topological polar surface area (TPSA) is 71.2 Å². The van der Waals surface area contributed by atoms with Crippen molar-refractivity contribution in [3.05, 3.63) is 59.4 Å². The van der Waals surface area contributed by atoms with Crippen LogP contribution in [0.15, 0.2) is 42.7 Å². The van der Waals surface area contributed by atoms with Gasteiger partial charge in [0.05, 0.1) is 17.4 Å². The first kappa shape index (κ1) is 11.7. The number of hydrogen-bond acceptors (Lipinski definition) is 4. The number of aromatic nitrogens is 1. The average Bonchev–Trinajstić information content (AvgIpc) is 2.90. The van der Waals surface area contributed by atoms with Crippen LogP contribution >= 0.6 is 0 Å². The molecule has 0 unspecified atom stereocenters. The fraction of sp³-hybridized carbons (Fsp3) is 0.143. The van der Waals surface area contributed by atoms with Crippen molar-refractivity contribution in [1.82, 2.24) is 9.88 Å². The van der Waals surface area contributed by atoms with Gasteiger partial charge in [0.15, 0.2) is 0 Å². The summed E-state index contributed by atoms with van der Waals surface area (Å²) in [4.78, 5) is 18.3. The van der Waals surface area contributed by atoms with Gasteiger partial charge in [-0.05, 0) is 17.2 Å². The largest absolute Gasteiger partial charge is 0.330 e. The molecule has 0 saturated carbocycles. The second-order valence-electron chi connectivity index (χ2n) is 4.50. The zero-order chi connectivity index (χ0) is 13.2. The number of nitrogens with zero attached hydrogens (tertiary/aromatic N) is 2. The van der Waals surface area contributed by atoms with E-state index in [1.807, 2.05) is 12.1 Å². The van der Waals surface area contributed by atoms with Gasteiger partial charge in [0.25, 0.3) is 5.91 Å². The number of nitrogen functional groups attached to an aromatic ring is 1. The Kier molecular flexibility index (Phi) is 2.89. The molecule has 0 radical (unpaired) electrons. The van der Waals surface area contributed by atoms with Crippen LogP contribution in [0.5, 0.6) is 0 Å². The second-order valence-corrected chi connectivity index (χ2v) is 4.50. The lowest BCUT2D eigenvalue weighted by molar-refractivity contribution is 0.0752. The summed E-state index contributed by atoms with van der Waals surface area (Å²) < 4.78 is 0. The molecule has 0 spiro atoms. The van der Waals surface area contributed by atoms with E-state index in [1.165, 1.54) is 11.1 Å². The number of fused-ring (bicyclic) bond motifs is 1. The van der Waals surface area contributed by atoms with E-state index in [9.17, 15) is 4.79 Å². The van der Waals surface area contributed by atoms with Crippen molar-refractivity contribution >= 4 is 11.6 Å². The van der Waals surface area contributed by atoms with Crippen molar-refractivity contribution in [3.63, 3.8) is 0 Å². The van der Waals surface area contributed by atoms with Crippen LogP contribution in [0.2, 0.25) is 0 Å². The predicted molar refractivity (Wildman–Crippen MR) is 72.1 cm³/mol. The number of benzene rings is 1. The number of rotatable bonds is 2. The third kappa shape index (κ3) is 2.04. The Balaban J connectivity index is 1.87. The van der Waals surface area contributed by atoms with Gasteiger partial charge in [-0.2, -0.15) is 0 Å². The van der Waals surface area contributed by atoms with Gasteiger partial charge < -0.3 is 10.3 Å². The van der Waals surface area contributed by atoms with Crippen LogP contribution in [0.4, 0.5) is 5.69 Å². The highest BCUT2D eigenvalue weighted by Gasteiger charge is 2.25. The number of carbonyl (C=O) groups is 1. The molecule has 5 nitrogen and oxygen atoms in total. The van der Waals surface area contributed by atoms with Gasteiger partial charge in [-0.15, -0.1) is 0 Å². The number of amides is 1. The average molecular weight is 254 g/mol. The second kappa shape index (κ2) is 4.70. The van der Waals surface area contributed by atoms with Crippen LogP contribution in [0.25, 0.3) is 0 Å². The summed E-state index contributed by atoms with van der Waals surface area (Å²) in [5.74, 6) is 5.37. The molecule has 3 N–H and O–H groups in total. The molecule has 0 saturated heterocycles. The Morgan fingerprint density at radius 3 is 2.53 bits per heavy atom. The first-order chi connectivity index (χ1) is 9.29. The van der Waals surface area contributed by atoms with Crippen molar-refractivity contribution in [3.8, 4) is 0 Å². The van der Waals surface area contributed by atoms with Crippen molar-refractivity contribution < 1.29 is 4.79 Å². The number of pyridine rings is 1. The molecule has 2 aromatic rings. The van der Waals surface area contributed by atoms with Crippen LogP contribution in [0, 0.1) is 0 Å². The third-order valence-corrected chi connectivity index (χ3v) is 3.33. The maximum Gasteiger partial charge on any atom is 0.256 e. The number of nitrogens with one attached hydrogen (secondary N) is 1. The van der Waals surface area contributed by atoms with E-state index in [-0.39, 0.29) is 5.91 Å². The molecule has 1 aliphatic heterocycles. The third-order valence-electron chi connectivity index (χ3n) is 3.33. The Hall–Kier alpha value is -2.40. The van der Waals surface area contributed by atoms with Gasteiger partial charge in [-0.3, -0.25) is 15.6 Å². The van der Waals surface area contributed by atoms with Gasteiger partial charge in [-0.1, -0.05) is 24.3 Å². The molecule has 0 bridgehead atoms. The highest BCUT2D eigenvalue weighted by Crippen LogP contribution is 2.25. The van der Waals surface area contributed by atoms with Crippen molar-refractivity contribution in [2.75, 3.05) is 5.43 Å². The van der Waals surface area contributed by atoms with E-state index in [1.54, 1.807) is 23.4 Å². The van der Waals surface area contributed by atoms with E-state index < -0.39 is 0 Å². The quantitative estimate of drug-likeness (QED) is 0.629. The number of hydrazine groups is 1. The maximum absolute atomic E-state index is 12.5. The zero-order valence-electron chi connectivity index (χ0n) is 10.3. The van der Waals surface area contributed by atoms with Crippen molar-refractivity contribution in [1.29, 1.82) is 0 Å². The molecular weight excluding hydrogens is 240 g/mol. The van der Waals surface area contributed by atoms with Gasteiger partial charge >= 0.3 is 0 Å². The smallest absolute Gasteiger partial charge is 0.256 e. The maximum atomic E-state index is 12.5. The van der Waals surface area contributed by atoms with Crippen molar-refractivity contribution in [2.24, 2.45) is 5.84 Å². The van der Waals surface area contributed by atoms with Gasteiger partial charge in [-0.25, -0.2) is 0 Å². The molecule has 0 aliphatic carbocycles.